The summed E-state index contributed by atoms with van der Waals surface area (Å²) in [5.41, 5.74) is 2.60. The second kappa shape index (κ2) is 6.62. The summed E-state index contributed by atoms with van der Waals surface area (Å²) in [4.78, 5) is 0. The molecule has 0 atom stereocenters. The number of hydrogen-bond donors (Lipinski definition) is 1. The number of rotatable bonds is 6. The van der Waals surface area contributed by atoms with E-state index in [1.54, 1.807) is 0 Å². The Morgan fingerprint density at radius 1 is 1.11 bits per heavy atom. The Hall–Kier alpha value is -1.25. The molecule has 0 amide bonds. The second-order valence-corrected chi connectivity index (χ2v) is 4.93. The predicted molar refractivity (Wildman–Crippen MR) is 77.0 cm³/mol. The van der Waals surface area contributed by atoms with E-state index in [9.17, 15) is 0 Å². The molecule has 2 nitrogen and oxygen atoms in total. The zero-order valence-corrected chi connectivity index (χ0v) is 11.5. The molecule has 0 spiro atoms. The smallest absolute Gasteiger partial charge is 0.0470 e. The number of halogens is 1. The molecule has 0 aliphatic rings. The lowest BCUT2D eigenvalue weighted by Gasteiger charge is -2.03. The lowest BCUT2D eigenvalue weighted by Crippen LogP contribution is -2.13. The predicted octanol–water partition coefficient (Wildman–Crippen LogP) is 3.69. The number of nitrogens with one attached hydrogen (secondary N) is 1. The third-order valence-corrected chi connectivity index (χ3v) is 3.10. The average molecular weight is 263 g/mol. The van der Waals surface area contributed by atoms with E-state index in [0.717, 1.165) is 24.7 Å². The van der Waals surface area contributed by atoms with Crippen molar-refractivity contribution in [2.24, 2.45) is 0 Å². The molecule has 0 aliphatic carbocycles. The van der Waals surface area contributed by atoms with Crippen molar-refractivity contribution < 1.29 is 0 Å². The monoisotopic (exact) mass is 262 g/mol. The van der Waals surface area contributed by atoms with Crippen LogP contribution >= 0.6 is 11.6 Å². The summed E-state index contributed by atoms with van der Waals surface area (Å²) in [5, 5.41) is 4.19. The Morgan fingerprint density at radius 2 is 1.89 bits per heavy atom. The third kappa shape index (κ3) is 3.90. The summed E-state index contributed by atoms with van der Waals surface area (Å²) in [6.45, 7) is 5.09. The minimum Gasteiger partial charge on any atom is -0.350 e. The molecule has 1 heterocycles. The lowest BCUT2D eigenvalue weighted by atomic mass is 10.2. The largest absolute Gasteiger partial charge is 0.350 e. The molecule has 0 unspecified atom stereocenters. The maximum atomic E-state index is 5.87. The molecular weight excluding hydrogens is 244 g/mol. The number of benzene rings is 1. The van der Waals surface area contributed by atoms with Crippen molar-refractivity contribution in [3.8, 4) is 0 Å². The topological polar surface area (TPSA) is 17.0 Å². The van der Waals surface area contributed by atoms with E-state index in [-0.39, 0.29) is 0 Å². The molecule has 0 radical (unpaired) electrons. The van der Waals surface area contributed by atoms with E-state index in [4.69, 9.17) is 11.6 Å². The molecule has 0 fully saturated rings. The van der Waals surface area contributed by atoms with Crippen LogP contribution in [0.5, 0.6) is 0 Å². The highest BCUT2D eigenvalue weighted by Crippen LogP contribution is 2.11. The molecule has 0 saturated heterocycles. The van der Waals surface area contributed by atoms with Gasteiger partial charge in [0.25, 0.3) is 0 Å². The van der Waals surface area contributed by atoms with Gasteiger partial charge in [-0.15, -0.1) is 0 Å². The highest BCUT2D eigenvalue weighted by molar-refractivity contribution is 6.30. The van der Waals surface area contributed by atoms with Crippen molar-refractivity contribution in [2.45, 2.75) is 26.4 Å². The van der Waals surface area contributed by atoms with Crippen LogP contribution in [-0.2, 0) is 13.1 Å². The van der Waals surface area contributed by atoms with Crippen LogP contribution in [0.3, 0.4) is 0 Å². The molecule has 0 saturated carbocycles. The Kier molecular flexibility index (Phi) is 4.85. The fourth-order valence-corrected chi connectivity index (χ4v) is 2.03. The van der Waals surface area contributed by atoms with Gasteiger partial charge >= 0.3 is 0 Å². The number of hydrogen-bond acceptors (Lipinski definition) is 1. The fourth-order valence-electron chi connectivity index (χ4n) is 1.90. The first-order valence-corrected chi connectivity index (χ1v) is 6.75. The van der Waals surface area contributed by atoms with Crippen LogP contribution in [0, 0.1) is 0 Å². The molecular formula is C15H19ClN2. The molecule has 0 aliphatic heterocycles. The van der Waals surface area contributed by atoms with Gasteiger partial charge in [-0.25, -0.2) is 0 Å². The van der Waals surface area contributed by atoms with E-state index < -0.39 is 0 Å². The highest BCUT2D eigenvalue weighted by atomic mass is 35.5. The van der Waals surface area contributed by atoms with Gasteiger partial charge in [-0.2, -0.15) is 0 Å². The fraction of sp³-hybridized carbons (Fsp3) is 0.333. The summed E-state index contributed by atoms with van der Waals surface area (Å²) < 4.78 is 2.20. The van der Waals surface area contributed by atoms with Crippen molar-refractivity contribution in [2.75, 3.05) is 6.54 Å². The van der Waals surface area contributed by atoms with Gasteiger partial charge < -0.3 is 9.88 Å². The van der Waals surface area contributed by atoms with Crippen LogP contribution in [0.4, 0.5) is 0 Å². The maximum absolute atomic E-state index is 5.87. The average Bonchev–Trinajstić information content (AvgIpc) is 2.80. The van der Waals surface area contributed by atoms with Gasteiger partial charge in [0.1, 0.15) is 0 Å². The van der Waals surface area contributed by atoms with Gasteiger partial charge in [-0.05, 0) is 42.3 Å². The molecule has 96 valence electrons. The summed E-state index contributed by atoms with van der Waals surface area (Å²) in [5.74, 6) is 0. The highest BCUT2D eigenvalue weighted by Gasteiger charge is 1.98. The van der Waals surface area contributed by atoms with Crippen molar-refractivity contribution in [3.05, 3.63) is 58.9 Å². The zero-order valence-electron chi connectivity index (χ0n) is 10.7. The molecule has 18 heavy (non-hydrogen) atoms. The SMILES string of the molecule is CCCNCc1ccn(Cc2ccc(Cl)cc2)c1. The molecule has 3 heteroatoms. The van der Waals surface area contributed by atoms with Crippen LogP contribution < -0.4 is 5.32 Å². The molecule has 1 aromatic heterocycles. The maximum Gasteiger partial charge on any atom is 0.0470 e. The molecule has 1 aromatic carbocycles. The van der Waals surface area contributed by atoms with Crippen LogP contribution in [0.25, 0.3) is 0 Å². The van der Waals surface area contributed by atoms with E-state index in [1.807, 2.05) is 12.1 Å². The molecule has 0 bridgehead atoms. The van der Waals surface area contributed by atoms with Gasteiger partial charge in [0.15, 0.2) is 0 Å². The van der Waals surface area contributed by atoms with Crippen LogP contribution in [0.1, 0.15) is 24.5 Å². The van der Waals surface area contributed by atoms with Crippen LogP contribution in [0.15, 0.2) is 42.7 Å². The van der Waals surface area contributed by atoms with Crippen molar-refractivity contribution in [1.82, 2.24) is 9.88 Å². The van der Waals surface area contributed by atoms with Gasteiger partial charge in [0.05, 0.1) is 0 Å². The summed E-state index contributed by atoms with van der Waals surface area (Å²) in [7, 11) is 0. The Labute approximate surface area is 114 Å². The first-order chi connectivity index (χ1) is 8.78. The Bertz CT molecular complexity index is 473. The zero-order chi connectivity index (χ0) is 12.8. The van der Waals surface area contributed by atoms with Gasteiger partial charge in [-0.1, -0.05) is 30.7 Å². The van der Waals surface area contributed by atoms with Crippen molar-refractivity contribution in [1.29, 1.82) is 0 Å². The quantitative estimate of drug-likeness (QED) is 0.786. The van der Waals surface area contributed by atoms with Crippen molar-refractivity contribution in [3.63, 3.8) is 0 Å². The minimum absolute atomic E-state index is 0.788. The third-order valence-electron chi connectivity index (χ3n) is 2.85. The van der Waals surface area contributed by atoms with Crippen molar-refractivity contribution >= 4 is 11.6 Å². The summed E-state index contributed by atoms with van der Waals surface area (Å²) >= 11 is 5.87. The number of aromatic nitrogens is 1. The van der Waals surface area contributed by atoms with E-state index in [2.05, 4.69) is 47.4 Å². The normalized spacial score (nSPS) is 10.8. The van der Waals surface area contributed by atoms with Gasteiger partial charge in [0.2, 0.25) is 0 Å². The standard InChI is InChI=1S/C15H19ClN2/c1-2-8-17-10-14-7-9-18(12-14)11-13-3-5-15(16)6-4-13/h3-7,9,12,17H,2,8,10-11H2,1H3. The lowest BCUT2D eigenvalue weighted by molar-refractivity contribution is 0.673. The van der Waals surface area contributed by atoms with E-state index in [1.165, 1.54) is 17.5 Å². The van der Waals surface area contributed by atoms with Gasteiger partial charge in [0, 0.05) is 30.5 Å². The van der Waals surface area contributed by atoms with Gasteiger partial charge in [-0.3, -0.25) is 0 Å². The molecule has 2 aromatic rings. The van der Waals surface area contributed by atoms with E-state index >= 15 is 0 Å². The second-order valence-electron chi connectivity index (χ2n) is 4.50. The number of nitrogens with zero attached hydrogens (tertiary/aromatic N) is 1. The van der Waals surface area contributed by atoms with Crippen LogP contribution in [0.2, 0.25) is 5.02 Å². The molecule has 1 N–H and O–H groups in total. The Balaban J connectivity index is 1.91. The first kappa shape index (κ1) is 13.2. The minimum atomic E-state index is 0.788. The van der Waals surface area contributed by atoms with Crippen LogP contribution in [-0.4, -0.2) is 11.1 Å². The summed E-state index contributed by atoms with van der Waals surface area (Å²) in [6.07, 6.45) is 5.49. The Morgan fingerprint density at radius 3 is 2.61 bits per heavy atom. The molecule has 2 rings (SSSR count). The first-order valence-electron chi connectivity index (χ1n) is 6.37. The summed E-state index contributed by atoms with van der Waals surface area (Å²) in [6, 6.07) is 10.2. The van der Waals surface area contributed by atoms with E-state index in [0.29, 0.717) is 0 Å².